The molecule has 0 saturated heterocycles. The molecule has 7 nitrogen and oxygen atoms in total. The van der Waals surface area contributed by atoms with Gasteiger partial charge in [0.2, 0.25) is 21.8 Å². The number of nitrogens with zero attached hydrogens (tertiary/aromatic N) is 2. The van der Waals surface area contributed by atoms with Crippen molar-refractivity contribution in [3.63, 3.8) is 0 Å². The Balaban J connectivity index is 1.73. The van der Waals surface area contributed by atoms with E-state index in [9.17, 15) is 22.4 Å². The van der Waals surface area contributed by atoms with Gasteiger partial charge in [-0.25, -0.2) is 12.8 Å². The van der Waals surface area contributed by atoms with Crippen molar-refractivity contribution < 1.29 is 22.4 Å². The van der Waals surface area contributed by atoms with Crippen LogP contribution in [0.5, 0.6) is 0 Å². The van der Waals surface area contributed by atoms with Gasteiger partial charge >= 0.3 is 0 Å². The molecule has 1 N–H and O–H groups in total. The number of nitrogens with one attached hydrogen (secondary N) is 1. The number of amides is 2. The van der Waals surface area contributed by atoms with Crippen LogP contribution in [-0.2, 0) is 32.6 Å². The van der Waals surface area contributed by atoms with Crippen molar-refractivity contribution >= 4 is 39.1 Å². The molecule has 0 aliphatic heterocycles. The van der Waals surface area contributed by atoms with Crippen LogP contribution < -0.4 is 9.62 Å². The van der Waals surface area contributed by atoms with Crippen molar-refractivity contribution in [1.29, 1.82) is 0 Å². The van der Waals surface area contributed by atoms with Crippen LogP contribution in [0.4, 0.5) is 10.1 Å². The summed E-state index contributed by atoms with van der Waals surface area (Å²) in [6.07, 6.45) is 6.07. The topological polar surface area (TPSA) is 86.8 Å². The number of anilines is 1. The zero-order chi connectivity index (χ0) is 29.4. The van der Waals surface area contributed by atoms with E-state index >= 15 is 0 Å². The minimum absolute atomic E-state index is 0.00611. The van der Waals surface area contributed by atoms with E-state index in [2.05, 4.69) is 5.32 Å². The fourth-order valence-electron chi connectivity index (χ4n) is 5.15. The molecular formula is C31H35ClFN3O4S. The van der Waals surface area contributed by atoms with Gasteiger partial charge in [0, 0.05) is 24.0 Å². The van der Waals surface area contributed by atoms with E-state index in [4.69, 9.17) is 11.6 Å². The standard InChI is InChI=1S/C31H35ClFN3O4S/c1-41(39,40)36(27-17-10-14-25(33)20-27)22-30(37)35(21-24-13-8-9-18-28(24)32)29(19-23-11-4-2-5-12-23)31(38)34-26-15-6-3-7-16-26/h2,4-5,8-14,17-18,20,26,29H,3,6-7,15-16,19,21-22H2,1H3,(H,34,38). The summed E-state index contributed by atoms with van der Waals surface area (Å²) in [4.78, 5) is 29.4. The van der Waals surface area contributed by atoms with Gasteiger partial charge in [-0.1, -0.05) is 85.5 Å². The van der Waals surface area contributed by atoms with E-state index in [-0.39, 0.29) is 30.6 Å². The van der Waals surface area contributed by atoms with E-state index in [1.54, 1.807) is 24.3 Å². The highest BCUT2D eigenvalue weighted by atomic mass is 35.5. The average molecular weight is 600 g/mol. The van der Waals surface area contributed by atoms with Crippen LogP contribution in [0.3, 0.4) is 0 Å². The van der Waals surface area contributed by atoms with Crippen molar-refractivity contribution in [2.24, 2.45) is 0 Å². The Kier molecular flexibility index (Phi) is 10.4. The minimum Gasteiger partial charge on any atom is -0.352 e. The van der Waals surface area contributed by atoms with E-state index < -0.39 is 34.3 Å². The number of sulfonamides is 1. The van der Waals surface area contributed by atoms with Crippen LogP contribution in [0.2, 0.25) is 5.02 Å². The third-order valence-corrected chi connectivity index (χ3v) is 8.81. The third-order valence-electron chi connectivity index (χ3n) is 7.30. The minimum atomic E-state index is -3.98. The highest BCUT2D eigenvalue weighted by molar-refractivity contribution is 7.92. The Morgan fingerprint density at radius 3 is 2.32 bits per heavy atom. The fourth-order valence-corrected chi connectivity index (χ4v) is 6.19. The number of hydrogen-bond acceptors (Lipinski definition) is 4. The van der Waals surface area contributed by atoms with Gasteiger partial charge in [0.25, 0.3) is 0 Å². The van der Waals surface area contributed by atoms with Crippen molar-refractivity contribution in [3.05, 3.63) is 101 Å². The molecule has 10 heteroatoms. The van der Waals surface area contributed by atoms with Gasteiger partial charge in [-0.15, -0.1) is 0 Å². The molecule has 3 aromatic rings. The summed E-state index contributed by atoms with van der Waals surface area (Å²) < 4.78 is 40.5. The lowest BCUT2D eigenvalue weighted by atomic mass is 9.94. The molecule has 1 unspecified atom stereocenters. The van der Waals surface area contributed by atoms with E-state index in [0.29, 0.717) is 10.6 Å². The van der Waals surface area contributed by atoms with Crippen LogP contribution in [0.1, 0.15) is 43.2 Å². The number of carbonyl (C=O) groups excluding carboxylic acids is 2. The van der Waals surface area contributed by atoms with Crippen molar-refractivity contribution in [1.82, 2.24) is 10.2 Å². The van der Waals surface area contributed by atoms with Gasteiger partial charge < -0.3 is 10.2 Å². The van der Waals surface area contributed by atoms with E-state index in [0.717, 1.165) is 54.3 Å². The second-order valence-corrected chi connectivity index (χ2v) is 12.7. The number of rotatable bonds is 11. The van der Waals surface area contributed by atoms with Crippen molar-refractivity contribution in [2.75, 3.05) is 17.1 Å². The first-order chi connectivity index (χ1) is 19.6. The Labute approximate surface area is 246 Å². The van der Waals surface area contributed by atoms with E-state index in [1.807, 2.05) is 30.3 Å². The number of hydrogen-bond donors (Lipinski definition) is 1. The van der Waals surface area contributed by atoms with Gasteiger partial charge in [-0.2, -0.15) is 0 Å². The molecule has 3 aromatic carbocycles. The lowest BCUT2D eigenvalue weighted by molar-refractivity contribution is -0.140. The zero-order valence-corrected chi connectivity index (χ0v) is 24.6. The van der Waals surface area contributed by atoms with Crippen LogP contribution in [0.15, 0.2) is 78.9 Å². The Bertz CT molecular complexity index is 1450. The number of halogens is 2. The quantitative estimate of drug-likeness (QED) is 0.323. The molecule has 0 spiro atoms. The second-order valence-electron chi connectivity index (χ2n) is 10.4. The zero-order valence-electron chi connectivity index (χ0n) is 23.0. The normalized spacial score (nSPS) is 14.7. The highest BCUT2D eigenvalue weighted by Crippen LogP contribution is 2.24. The molecule has 0 heterocycles. The molecule has 0 radical (unpaired) electrons. The lowest BCUT2D eigenvalue weighted by Gasteiger charge is -2.35. The molecule has 1 aliphatic rings. The third kappa shape index (κ3) is 8.53. The largest absolute Gasteiger partial charge is 0.352 e. The van der Waals surface area contributed by atoms with E-state index in [1.165, 1.54) is 23.1 Å². The van der Waals surface area contributed by atoms with Crippen LogP contribution in [0, 0.1) is 5.82 Å². The average Bonchev–Trinajstić information content (AvgIpc) is 2.95. The predicted molar refractivity (Wildman–Crippen MR) is 160 cm³/mol. The molecule has 1 atom stereocenters. The Morgan fingerprint density at radius 2 is 1.66 bits per heavy atom. The molecule has 4 rings (SSSR count). The number of benzene rings is 3. The fraction of sp³-hybridized carbons (Fsp3) is 0.355. The maximum atomic E-state index is 14.1. The smallest absolute Gasteiger partial charge is 0.244 e. The van der Waals surface area contributed by atoms with Gasteiger partial charge in [0.15, 0.2) is 0 Å². The van der Waals surface area contributed by atoms with Crippen LogP contribution in [0.25, 0.3) is 0 Å². The summed E-state index contributed by atoms with van der Waals surface area (Å²) in [5.41, 5.74) is 1.48. The van der Waals surface area contributed by atoms with Gasteiger partial charge in [-0.3, -0.25) is 13.9 Å². The molecule has 218 valence electrons. The second kappa shape index (κ2) is 14.0. The van der Waals surface area contributed by atoms with Crippen molar-refractivity contribution in [3.8, 4) is 0 Å². The molecule has 41 heavy (non-hydrogen) atoms. The molecule has 2 amide bonds. The van der Waals surface area contributed by atoms with Gasteiger partial charge in [-0.05, 0) is 48.2 Å². The SMILES string of the molecule is CS(=O)(=O)N(CC(=O)N(Cc1ccccc1Cl)C(Cc1ccccc1)C(=O)NC1CCCCC1)c1cccc(F)c1. The first-order valence-electron chi connectivity index (χ1n) is 13.7. The van der Waals surface area contributed by atoms with Crippen molar-refractivity contribution in [2.45, 2.75) is 57.2 Å². The molecule has 1 aliphatic carbocycles. The summed E-state index contributed by atoms with van der Waals surface area (Å²) in [6.45, 7) is -0.635. The van der Waals surface area contributed by atoms with Crippen LogP contribution >= 0.6 is 11.6 Å². The lowest BCUT2D eigenvalue weighted by Crippen LogP contribution is -2.55. The maximum Gasteiger partial charge on any atom is 0.244 e. The first-order valence-corrected chi connectivity index (χ1v) is 15.9. The Morgan fingerprint density at radius 1 is 0.976 bits per heavy atom. The summed E-state index contributed by atoms with van der Waals surface area (Å²) in [5.74, 6) is -1.55. The molecule has 1 fully saturated rings. The monoisotopic (exact) mass is 599 g/mol. The molecule has 1 saturated carbocycles. The summed E-state index contributed by atoms with van der Waals surface area (Å²) in [7, 11) is -3.98. The maximum absolute atomic E-state index is 14.1. The highest BCUT2D eigenvalue weighted by Gasteiger charge is 2.34. The molecular weight excluding hydrogens is 565 g/mol. The summed E-state index contributed by atoms with van der Waals surface area (Å²) in [6, 6.07) is 20.5. The Hall–Kier alpha value is -3.43. The van der Waals surface area contributed by atoms with Crippen LogP contribution in [-0.4, -0.2) is 50.0 Å². The predicted octanol–water partition coefficient (Wildman–Crippen LogP) is 5.33. The summed E-state index contributed by atoms with van der Waals surface area (Å²) in [5, 5.41) is 3.57. The molecule has 0 aromatic heterocycles. The first kappa shape index (κ1) is 30.5. The van der Waals surface area contributed by atoms with Gasteiger partial charge in [0.1, 0.15) is 18.4 Å². The summed E-state index contributed by atoms with van der Waals surface area (Å²) >= 11 is 6.48. The number of carbonyl (C=O) groups is 2. The molecule has 0 bridgehead atoms. The van der Waals surface area contributed by atoms with Gasteiger partial charge in [0.05, 0.1) is 11.9 Å².